The van der Waals surface area contributed by atoms with Gasteiger partial charge in [0.25, 0.3) is 0 Å². The average molecular weight is 197 g/mol. The van der Waals surface area contributed by atoms with Crippen molar-refractivity contribution in [2.24, 2.45) is 5.41 Å². The van der Waals surface area contributed by atoms with E-state index in [1.165, 1.54) is 12.8 Å². The maximum Gasteiger partial charge on any atom is 0.0139 e. The van der Waals surface area contributed by atoms with Gasteiger partial charge in [-0.3, -0.25) is 0 Å². The fourth-order valence-electron chi connectivity index (χ4n) is 1.08. The quantitative estimate of drug-likeness (QED) is 0.677. The molecule has 0 spiro atoms. The Bertz CT molecular complexity index is 147. The van der Waals surface area contributed by atoms with Crippen molar-refractivity contribution >= 4 is 0 Å². The molecule has 0 aliphatic carbocycles. The third-order valence-corrected chi connectivity index (χ3v) is 1.98. The summed E-state index contributed by atoms with van der Waals surface area (Å²) in [6, 6.07) is 0. The van der Waals surface area contributed by atoms with Crippen LogP contribution in [0.5, 0.6) is 0 Å². The van der Waals surface area contributed by atoms with Crippen LogP contribution in [-0.2, 0) is 0 Å². The summed E-state index contributed by atoms with van der Waals surface area (Å²) in [7, 11) is 0. The van der Waals surface area contributed by atoms with Gasteiger partial charge in [0.2, 0.25) is 0 Å². The molecule has 0 unspecified atom stereocenters. The minimum atomic E-state index is 0.231. The Balaban J connectivity index is 3.47. The second kappa shape index (κ2) is 5.55. The highest BCUT2D eigenvalue weighted by Gasteiger charge is 2.08. The van der Waals surface area contributed by atoms with Crippen molar-refractivity contribution in [2.45, 2.75) is 59.9 Å². The summed E-state index contributed by atoms with van der Waals surface area (Å²) in [5, 5.41) is 3.43. The zero-order valence-electron chi connectivity index (χ0n) is 10.8. The normalized spacial score (nSPS) is 13.9. The van der Waals surface area contributed by atoms with Gasteiger partial charge >= 0.3 is 0 Å². The lowest BCUT2D eigenvalue weighted by Gasteiger charge is -2.19. The van der Waals surface area contributed by atoms with Crippen LogP contribution < -0.4 is 5.32 Å². The molecule has 14 heavy (non-hydrogen) atoms. The number of hydrogen-bond donors (Lipinski definition) is 1. The fraction of sp³-hybridized carbons (Fsp3) is 0.846. The Morgan fingerprint density at radius 2 is 1.50 bits per heavy atom. The molecular formula is C13H27N. The van der Waals surface area contributed by atoms with Crippen LogP contribution in [0.4, 0.5) is 0 Å². The highest BCUT2D eigenvalue weighted by Crippen LogP contribution is 2.20. The van der Waals surface area contributed by atoms with E-state index in [-0.39, 0.29) is 5.54 Å². The Kier molecular flexibility index (Phi) is 5.43. The molecular weight excluding hydrogens is 170 g/mol. The SMILES string of the molecule is CC(C)(C)CC/C=C/CNC(C)(C)C. The van der Waals surface area contributed by atoms with Crippen LogP contribution in [-0.4, -0.2) is 12.1 Å². The largest absolute Gasteiger partial charge is 0.309 e. The molecule has 0 fully saturated rings. The van der Waals surface area contributed by atoms with Gasteiger partial charge in [-0.25, -0.2) is 0 Å². The predicted octanol–water partition coefficient (Wildman–Crippen LogP) is 3.76. The first-order chi connectivity index (χ1) is 6.21. The van der Waals surface area contributed by atoms with E-state index in [4.69, 9.17) is 0 Å². The average Bonchev–Trinajstić information content (AvgIpc) is 1.92. The first-order valence-electron chi connectivity index (χ1n) is 5.61. The smallest absolute Gasteiger partial charge is 0.0139 e. The molecule has 0 heterocycles. The molecule has 84 valence electrons. The van der Waals surface area contributed by atoms with Crippen molar-refractivity contribution in [3.63, 3.8) is 0 Å². The summed E-state index contributed by atoms with van der Waals surface area (Å²) in [5.74, 6) is 0. The Morgan fingerprint density at radius 3 is 1.93 bits per heavy atom. The van der Waals surface area contributed by atoms with Gasteiger partial charge in [0.15, 0.2) is 0 Å². The van der Waals surface area contributed by atoms with Crippen molar-refractivity contribution in [1.82, 2.24) is 5.32 Å². The maximum absolute atomic E-state index is 3.43. The molecule has 0 bridgehead atoms. The fourth-order valence-corrected chi connectivity index (χ4v) is 1.08. The van der Waals surface area contributed by atoms with E-state index in [1.807, 2.05) is 0 Å². The lowest BCUT2D eigenvalue weighted by molar-refractivity contribution is 0.381. The third kappa shape index (κ3) is 11.7. The second-order valence-electron chi connectivity index (χ2n) is 6.20. The lowest BCUT2D eigenvalue weighted by atomic mass is 9.90. The number of hydrogen-bond acceptors (Lipinski definition) is 1. The van der Waals surface area contributed by atoms with E-state index in [2.05, 4.69) is 59.0 Å². The van der Waals surface area contributed by atoms with Gasteiger partial charge < -0.3 is 5.32 Å². The van der Waals surface area contributed by atoms with Crippen molar-refractivity contribution in [1.29, 1.82) is 0 Å². The minimum absolute atomic E-state index is 0.231. The van der Waals surface area contributed by atoms with Gasteiger partial charge in [-0.1, -0.05) is 32.9 Å². The Morgan fingerprint density at radius 1 is 0.929 bits per heavy atom. The molecule has 0 saturated carbocycles. The molecule has 0 atom stereocenters. The monoisotopic (exact) mass is 197 g/mol. The zero-order valence-corrected chi connectivity index (χ0v) is 10.8. The van der Waals surface area contributed by atoms with Crippen LogP contribution >= 0.6 is 0 Å². The number of allylic oxidation sites excluding steroid dienone is 1. The van der Waals surface area contributed by atoms with Gasteiger partial charge in [-0.05, 0) is 39.0 Å². The summed E-state index contributed by atoms with van der Waals surface area (Å²) in [5.41, 5.74) is 0.691. The zero-order chi connectivity index (χ0) is 11.2. The van der Waals surface area contributed by atoms with Crippen molar-refractivity contribution < 1.29 is 0 Å². The van der Waals surface area contributed by atoms with E-state index in [1.54, 1.807) is 0 Å². The Hall–Kier alpha value is -0.300. The van der Waals surface area contributed by atoms with Crippen LogP contribution in [0.15, 0.2) is 12.2 Å². The molecule has 0 aromatic carbocycles. The number of nitrogens with one attached hydrogen (secondary N) is 1. The van der Waals surface area contributed by atoms with Crippen molar-refractivity contribution in [3.05, 3.63) is 12.2 Å². The van der Waals surface area contributed by atoms with Crippen LogP contribution in [0, 0.1) is 5.41 Å². The first kappa shape index (κ1) is 13.7. The van der Waals surface area contributed by atoms with Crippen LogP contribution in [0.2, 0.25) is 0 Å². The molecule has 0 aliphatic rings. The summed E-state index contributed by atoms with van der Waals surface area (Å²) in [4.78, 5) is 0. The topological polar surface area (TPSA) is 12.0 Å². The van der Waals surface area contributed by atoms with Gasteiger partial charge in [0, 0.05) is 12.1 Å². The molecule has 0 radical (unpaired) electrons. The minimum Gasteiger partial charge on any atom is -0.309 e. The highest BCUT2D eigenvalue weighted by atomic mass is 14.9. The Labute approximate surface area is 90.0 Å². The molecule has 0 amide bonds. The lowest BCUT2D eigenvalue weighted by Crippen LogP contribution is -2.35. The molecule has 0 aromatic heterocycles. The number of rotatable bonds is 4. The molecule has 0 saturated heterocycles. The third-order valence-electron chi connectivity index (χ3n) is 1.98. The first-order valence-corrected chi connectivity index (χ1v) is 5.61. The van der Waals surface area contributed by atoms with E-state index in [0.29, 0.717) is 5.41 Å². The van der Waals surface area contributed by atoms with E-state index >= 15 is 0 Å². The summed E-state index contributed by atoms with van der Waals surface area (Å²) >= 11 is 0. The van der Waals surface area contributed by atoms with Crippen LogP contribution in [0.3, 0.4) is 0 Å². The highest BCUT2D eigenvalue weighted by molar-refractivity contribution is 4.87. The van der Waals surface area contributed by atoms with E-state index in [9.17, 15) is 0 Å². The van der Waals surface area contributed by atoms with Crippen LogP contribution in [0.1, 0.15) is 54.4 Å². The standard InChI is InChI=1S/C13H27N/c1-12(2,3)10-8-7-9-11-14-13(4,5)6/h7,9,14H,8,10-11H2,1-6H3/b9-7+. The second-order valence-corrected chi connectivity index (χ2v) is 6.20. The van der Waals surface area contributed by atoms with E-state index < -0.39 is 0 Å². The molecule has 1 N–H and O–H groups in total. The van der Waals surface area contributed by atoms with Gasteiger partial charge in [-0.15, -0.1) is 0 Å². The maximum atomic E-state index is 3.43. The predicted molar refractivity (Wildman–Crippen MR) is 65.6 cm³/mol. The summed E-state index contributed by atoms with van der Waals surface area (Å²) < 4.78 is 0. The van der Waals surface area contributed by atoms with Gasteiger partial charge in [0.1, 0.15) is 0 Å². The van der Waals surface area contributed by atoms with Crippen LogP contribution in [0.25, 0.3) is 0 Å². The molecule has 1 nitrogen and oxygen atoms in total. The molecule has 0 aliphatic heterocycles. The molecule has 0 aromatic rings. The van der Waals surface area contributed by atoms with Crippen molar-refractivity contribution in [3.8, 4) is 0 Å². The summed E-state index contributed by atoms with van der Waals surface area (Å²) in [6.45, 7) is 14.4. The molecule has 1 heteroatoms. The summed E-state index contributed by atoms with van der Waals surface area (Å²) in [6.07, 6.45) is 6.97. The van der Waals surface area contributed by atoms with Gasteiger partial charge in [-0.2, -0.15) is 0 Å². The van der Waals surface area contributed by atoms with Crippen molar-refractivity contribution in [2.75, 3.05) is 6.54 Å². The molecule has 0 rings (SSSR count). The van der Waals surface area contributed by atoms with E-state index in [0.717, 1.165) is 6.54 Å². The van der Waals surface area contributed by atoms with Gasteiger partial charge in [0.05, 0.1) is 0 Å².